The zero-order valence-corrected chi connectivity index (χ0v) is 12.2. The third kappa shape index (κ3) is 4.32. The first-order valence-electron chi connectivity index (χ1n) is 7.51. The summed E-state index contributed by atoms with van der Waals surface area (Å²) in [5.41, 5.74) is 7.16. The fourth-order valence-corrected chi connectivity index (χ4v) is 2.69. The minimum absolute atomic E-state index is 0.00147. The van der Waals surface area contributed by atoms with Gasteiger partial charge in [-0.05, 0) is 18.4 Å². The molecule has 0 aromatic heterocycles. The van der Waals surface area contributed by atoms with Crippen LogP contribution in [0.3, 0.4) is 0 Å². The summed E-state index contributed by atoms with van der Waals surface area (Å²) in [6.45, 7) is 4.95. The summed E-state index contributed by atoms with van der Waals surface area (Å²) >= 11 is 0. The molecule has 1 heterocycles. The standard InChI is InChI=1S/C16H25N3O/c1-2-6-15(17)16(20)18-14-9-10-19(12-14)11-13-7-4-3-5-8-13/h3-5,7-8,14-15H,2,6,9-12,17H2,1H3,(H,18,20). The monoisotopic (exact) mass is 275 g/mol. The molecule has 4 nitrogen and oxygen atoms in total. The minimum Gasteiger partial charge on any atom is -0.351 e. The minimum atomic E-state index is -0.358. The van der Waals surface area contributed by atoms with E-state index in [0.29, 0.717) is 0 Å². The van der Waals surface area contributed by atoms with Gasteiger partial charge in [0.05, 0.1) is 6.04 Å². The second-order valence-electron chi connectivity index (χ2n) is 5.61. The van der Waals surface area contributed by atoms with Crippen LogP contribution in [-0.4, -0.2) is 36.0 Å². The Bertz CT molecular complexity index is 421. The van der Waals surface area contributed by atoms with Crippen molar-refractivity contribution < 1.29 is 4.79 Å². The smallest absolute Gasteiger partial charge is 0.237 e. The first-order valence-corrected chi connectivity index (χ1v) is 7.51. The molecule has 1 saturated heterocycles. The van der Waals surface area contributed by atoms with Crippen LogP contribution >= 0.6 is 0 Å². The van der Waals surface area contributed by atoms with Gasteiger partial charge in [-0.1, -0.05) is 43.7 Å². The van der Waals surface area contributed by atoms with E-state index in [4.69, 9.17) is 5.73 Å². The third-order valence-corrected chi connectivity index (χ3v) is 3.80. The van der Waals surface area contributed by atoms with Gasteiger partial charge in [0.25, 0.3) is 0 Å². The van der Waals surface area contributed by atoms with Crippen molar-refractivity contribution in [2.75, 3.05) is 13.1 Å². The molecule has 0 spiro atoms. The van der Waals surface area contributed by atoms with Crippen LogP contribution in [0.1, 0.15) is 31.7 Å². The van der Waals surface area contributed by atoms with Crippen LogP contribution in [0.2, 0.25) is 0 Å². The van der Waals surface area contributed by atoms with E-state index in [-0.39, 0.29) is 18.0 Å². The van der Waals surface area contributed by atoms with Gasteiger partial charge >= 0.3 is 0 Å². The second-order valence-corrected chi connectivity index (χ2v) is 5.61. The zero-order chi connectivity index (χ0) is 14.4. The molecule has 1 amide bonds. The van der Waals surface area contributed by atoms with Crippen molar-refractivity contribution >= 4 is 5.91 Å². The van der Waals surface area contributed by atoms with Gasteiger partial charge in [-0.2, -0.15) is 0 Å². The van der Waals surface area contributed by atoms with Crippen molar-refractivity contribution in [2.24, 2.45) is 5.73 Å². The number of hydrogen-bond donors (Lipinski definition) is 2. The van der Waals surface area contributed by atoms with Crippen molar-refractivity contribution in [3.8, 4) is 0 Å². The second kappa shape index (κ2) is 7.41. The molecule has 3 N–H and O–H groups in total. The number of rotatable bonds is 6. The highest BCUT2D eigenvalue weighted by atomic mass is 16.2. The number of nitrogens with two attached hydrogens (primary N) is 1. The van der Waals surface area contributed by atoms with E-state index in [2.05, 4.69) is 34.5 Å². The van der Waals surface area contributed by atoms with Gasteiger partial charge in [0, 0.05) is 25.7 Å². The summed E-state index contributed by atoms with van der Waals surface area (Å²) in [6.07, 6.45) is 2.71. The molecular formula is C16H25N3O. The van der Waals surface area contributed by atoms with Crippen molar-refractivity contribution in [3.63, 3.8) is 0 Å². The molecule has 0 bridgehead atoms. The van der Waals surface area contributed by atoms with Crippen LogP contribution in [0.25, 0.3) is 0 Å². The molecule has 2 rings (SSSR count). The lowest BCUT2D eigenvalue weighted by Crippen LogP contribution is -2.46. The molecule has 0 saturated carbocycles. The Morgan fingerprint density at radius 2 is 2.20 bits per heavy atom. The molecule has 1 aromatic rings. The third-order valence-electron chi connectivity index (χ3n) is 3.80. The van der Waals surface area contributed by atoms with Crippen LogP contribution in [0.4, 0.5) is 0 Å². The first kappa shape index (κ1) is 15.0. The van der Waals surface area contributed by atoms with E-state index >= 15 is 0 Å². The summed E-state index contributed by atoms with van der Waals surface area (Å²) in [5, 5.41) is 3.07. The summed E-state index contributed by atoms with van der Waals surface area (Å²) < 4.78 is 0. The number of carbonyl (C=O) groups excluding carboxylic acids is 1. The van der Waals surface area contributed by atoms with Crippen molar-refractivity contribution in [1.29, 1.82) is 0 Å². The largest absolute Gasteiger partial charge is 0.351 e. The lowest BCUT2D eigenvalue weighted by Gasteiger charge is -2.18. The van der Waals surface area contributed by atoms with Crippen LogP contribution < -0.4 is 11.1 Å². The number of carbonyl (C=O) groups is 1. The summed E-state index contributed by atoms with van der Waals surface area (Å²) in [7, 11) is 0. The maximum absolute atomic E-state index is 11.9. The van der Waals surface area contributed by atoms with Gasteiger partial charge in [0.2, 0.25) is 5.91 Å². The lowest BCUT2D eigenvalue weighted by molar-refractivity contribution is -0.123. The number of nitrogens with zero attached hydrogens (tertiary/aromatic N) is 1. The molecule has 2 atom stereocenters. The molecule has 1 fully saturated rings. The molecule has 4 heteroatoms. The topological polar surface area (TPSA) is 58.4 Å². The zero-order valence-electron chi connectivity index (χ0n) is 12.2. The highest BCUT2D eigenvalue weighted by Gasteiger charge is 2.25. The molecule has 110 valence electrons. The van der Waals surface area contributed by atoms with Gasteiger partial charge in [-0.15, -0.1) is 0 Å². The maximum Gasteiger partial charge on any atom is 0.237 e. The van der Waals surface area contributed by atoms with Gasteiger partial charge in [0.1, 0.15) is 0 Å². The lowest BCUT2D eigenvalue weighted by atomic mass is 10.1. The quantitative estimate of drug-likeness (QED) is 0.827. The number of likely N-dealkylation sites (tertiary alicyclic amines) is 1. The van der Waals surface area contributed by atoms with E-state index in [0.717, 1.165) is 38.9 Å². The van der Waals surface area contributed by atoms with E-state index in [1.54, 1.807) is 0 Å². The van der Waals surface area contributed by atoms with Crippen LogP contribution in [-0.2, 0) is 11.3 Å². The Hall–Kier alpha value is -1.39. The summed E-state index contributed by atoms with van der Waals surface area (Å²) in [6, 6.07) is 10.3. The molecule has 0 radical (unpaired) electrons. The Morgan fingerprint density at radius 1 is 1.45 bits per heavy atom. The van der Waals surface area contributed by atoms with Crippen LogP contribution in [0.5, 0.6) is 0 Å². The Balaban J connectivity index is 1.76. The Morgan fingerprint density at radius 3 is 2.90 bits per heavy atom. The normalized spacial score (nSPS) is 20.8. The first-order chi connectivity index (χ1) is 9.69. The van der Waals surface area contributed by atoms with Crippen molar-refractivity contribution in [1.82, 2.24) is 10.2 Å². The molecule has 0 aliphatic carbocycles. The van der Waals surface area contributed by atoms with Gasteiger partial charge in [-0.3, -0.25) is 9.69 Å². The number of hydrogen-bond acceptors (Lipinski definition) is 3. The van der Waals surface area contributed by atoms with Crippen molar-refractivity contribution in [3.05, 3.63) is 35.9 Å². The predicted octanol–water partition coefficient (Wildman–Crippen LogP) is 1.50. The van der Waals surface area contributed by atoms with E-state index in [1.165, 1.54) is 5.56 Å². The highest BCUT2D eigenvalue weighted by molar-refractivity contribution is 5.81. The fraction of sp³-hybridized carbons (Fsp3) is 0.562. The van der Waals surface area contributed by atoms with Crippen LogP contribution in [0, 0.1) is 0 Å². The van der Waals surface area contributed by atoms with Gasteiger partial charge < -0.3 is 11.1 Å². The fourth-order valence-electron chi connectivity index (χ4n) is 2.69. The maximum atomic E-state index is 11.9. The number of nitrogens with one attached hydrogen (secondary N) is 1. The SMILES string of the molecule is CCCC(N)C(=O)NC1CCN(Cc2ccccc2)C1. The van der Waals surface area contributed by atoms with Gasteiger partial charge in [-0.25, -0.2) is 0 Å². The Kier molecular flexibility index (Phi) is 5.56. The van der Waals surface area contributed by atoms with Crippen molar-refractivity contribution in [2.45, 2.75) is 44.8 Å². The average Bonchev–Trinajstić information content (AvgIpc) is 2.87. The molecule has 2 unspecified atom stereocenters. The summed E-state index contributed by atoms with van der Waals surface area (Å²) in [4.78, 5) is 14.3. The van der Waals surface area contributed by atoms with E-state index in [1.807, 2.05) is 13.0 Å². The molecule has 20 heavy (non-hydrogen) atoms. The number of benzene rings is 1. The Labute approximate surface area is 121 Å². The number of amides is 1. The van der Waals surface area contributed by atoms with E-state index in [9.17, 15) is 4.79 Å². The molecule has 1 aliphatic rings. The van der Waals surface area contributed by atoms with Crippen LogP contribution in [0.15, 0.2) is 30.3 Å². The summed E-state index contributed by atoms with van der Waals surface area (Å²) in [5.74, 6) is -0.00147. The molecule has 1 aromatic carbocycles. The average molecular weight is 275 g/mol. The highest BCUT2D eigenvalue weighted by Crippen LogP contribution is 2.13. The van der Waals surface area contributed by atoms with E-state index < -0.39 is 0 Å². The molecule has 1 aliphatic heterocycles. The predicted molar refractivity (Wildman–Crippen MR) is 81.2 cm³/mol. The molecular weight excluding hydrogens is 250 g/mol. The van der Waals surface area contributed by atoms with Gasteiger partial charge in [0.15, 0.2) is 0 Å².